The van der Waals surface area contributed by atoms with Crippen molar-refractivity contribution in [2.24, 2.45) is 4.99 Å². The highest BCUT2D eigenvalue weighted by Crippen LogP contribution is 2.35. The van der Waals surface area contributed by atoms with Crippen molar-refractivity contribution in [3.8, 4) is 22.6 Å². The van der Waals surface area contributed by atoms with Gasteiger partial charge in [-0.2, -0.15) is 0 Å². The summed E-state index contributed by atoms with van der Waals surface area (Å²) in [4.78, 5) is 3.63. The normalized spacial score (nSPS) is 10.7. The molecular weight excluding hydrogens is 226 g/mol. The third-order valence-corrected chi connectivity index (χ3v) is 2.59. The molecule has 0 heterocycles. The first-order valence-electron chi connectivity index (χ1n) is 5.46. The molecule has 0 aliphatic rings. The molecule has 0 atom stereocenters. The predicted molar refractivity (Wildman–Crippen MR) is 73.8 cm³/mol. The first kappa shape index (κ1) is 11.9. The Hall–Kier alpha value is -2.55. The average molecular weight is 239 g/mol. The highest BCUT2D eigenvalue weighted by atomic mass is 16.3. The van der Waals surface area contributed by atoms with Gasteiger partial charge in [0.25, 0.3) is 0 Å². The molecule has 0 bridgehead atoms. The summed E-state index contributed by atoms with van der Waals surface area (Å²) in [5, 5.41) is 19.7. The molecule has 18 heavy (non-hydrogen) atoms. The zero-order chi connectivity index (χ0) is 13.0. The zero-order valence-corrected chi connectivity index (χ0v) is 9.74. The van der Waals surface area contributed by atoms with Gasteiger partial charge in [-0.1, -0.05) is 24.3 Å². The van der Waals surface area contributed by atoms with Gasteiger partial charge >= 0.3 is 0 Å². The van der Waals surface area contributed by atoms with E-state index in [1.165, 1.54) is 0 Å². The Labute approximate surface area is 105 Å². The Balaban J connectivity index is 2.53. The van der Waals surface area contributed by atoms with E-state index in [0.717, 1.165) is 5.56 Å². The largest absolute Gasteiger partial charge is 0.507 e. The SMILES string of the molecule is C=NC=Cc1ccc(O)c(-c2ccccc2O)c1. The molecule has 2 N–H and O–H groups in total. The molecule has 0 radical (unpaired) electrons. The lowest BCUT2D eigenvalue weighted by atomic mass is 10.0. The van der Waals surface area contributed by atoms with E-state index in [9.17, 15) is 10.2 Å². The van der Waals surface area contributed by atoms with E-state index in [2.05, 4.69) is 11.7 Å². The summed E-state index contributed by atoms with van der Waals surface area (Å²) in [5.74, 6) is 0.260. The minimum Gasteiger partial charge on any atom is -0.507 e. The molecule has 2 aromatic carbocycles. The van der Waals surface area contributed by atoms with Crippen LogP contribution in [0.1, 0.15) is 5.56 Å². The third-order valence-electron chi connectivity index (χ3n) is 2.59. The topological polar surface area (TPSA) is 52.8 Å². The molecule has 0 saturated carbocycles. The smallest absolute Gasteiger partial charge is 0.123 e. The molecule has 0 fully saturated rings. The fourth-order valence-corrected chi connectivity index (χ4v) is 1.71. The maximum absolute atomic E-state index is 9.87. The van der Waals surface area contributed by atoms with E-state index in [4.69, 9.17) is 0 Å². The number of hydrogen-bond acceptors (Lipinski definition) is 3. The average Bonchev–Trinajstić information content (AvgIpc) is 2.39. The molecular formula is C15H13NO2. The van der Waals surface area contributed by atoms with Gasteiger partial charge < -0.3 is 10.2 Å². The van der Waals surface area contributed by atoms with E-state index in [1.807, 2.05) is 6.07 Å². The lowest BCUT2D eigenvalue weighted by Gasteiger charge is -2.07. The Kier molecular flexibility index (Phi) is 3.44. The number of benzene rings is 2. The highest BCUT2D eigenvalue weighted by molar-refractivity contribution is 5.77. The van der Waals surface area contributed by atoms with Crippen molar-refractivity contribution in [3.63, 3.8) is 0 Å². The minimum absolute atomic E-state index is 0.125. The lowest BCUT2D eigenvalue weighted by molar-refractivity contribution is 0.469. The molecule has 0 aliphatic heterocycles. The molecule has 2 aromatic rings. The van der Waals surface area contributed by atoms with Crippen LogP contribution >= 0.6 is 0 Å². The predicted octanol–water partition coefficient (Wildman–Crippen LogP) is 3.44. The Morgan fingerprint density at radius 3 is 2.39 bits per heavy atom. The fraction of sp³-hybridized carbons (Fsp3) is 0. The van der Waals surface area contributed by atoms with Gasteiger partial charge in [0.2, 0.25) is 0 Å². The number of para-hydroxylation sites is 1. The molecule has 3 nitrogen and oxygen atoms in total. The molecule has 2 rings (SSSR count). The maximum atomic E-state index is 9.87. The summed E-state index contributed by atoms with van der Waals surface area (Å²) in [5.41, 5.74) is 2.05. The van der Waals surface area contributed by atoms with Gasteiger partial charge in [-0.15, -0.1) is 0 Å². The molecule has 0 spiro atoms. The van der Waals surface area contributed by atoms with Crippen molar-refractivity contribution in [2.75, 3.05) is 0 Å². The van der Waals surface area contributed by atoms with E-state index in [-0.39, 0.29) is 11.5 Å². The van der Waals surface area contributed by atoms with Crippen molar-refractivity contribution < 1.29 is 10.2 Å². The van der Waals surface area contributed by atoms with Crippen LogP contribution in [-0.2, 0) is 0 Å². The van der Waals surface area contributed by atoms with Gasteiger partial charge in [0.1, 0.15) is 11.5 Å². The second-order valence-electron chi connectivity index (χ2n) is 3.79. The van der Waals surface area contributed by atoms with E-state index in [0.29, 0.717) is 11.1 Å². The Morgan fingerprint density at radius 2 is 1.67 bits per heavy atom. The second-order valence-corrected chi connectivity index (χ2v) is 3.79. The van der Waals surface area contributed by atoms with Crippen LogP contribution < -0.4 is 0 Å². The molecule has 0 amide bonds. The van der Waals surface area contributed by atoms with Gasteiger partial charge in [0.15, 0.2) is 0 Å². The number of aliphatic imine (C=N–C) groups is 1. The van der Waals surface area contributed by atoms with Crippen molar-refractivity contribution in [2.45, 2.75) is 0 Å². The summed E-state index contributed by atoms with van der Waals surface area (Å²) < 4.78 is 0. The summed E-state index contributed by atoms with van der Waals surface area (Å²) >= 11 is 0. The Bertz CT molecular complexity index is 603. The van der Waals surface area contributed by atoms with Crippen LogP contribution in [-0.4, -0.2) is 16.9 Å². The highest BCUT2D eigenvalue weighted by Gasteiger charge is 2.08. The number of aromatic hydroxyl groups is 2. The van der Waals surface area contributed by atoms with E-state index < -0.39 is 0 Å². The van der Waals surface area contributed by atoms with Crippen LogP contribution in [0.4, 0.5) is 0 Å². The van der Waals surface area contributed by atoms with Crippen LogP contribution in [0.3, 0.4) is 0 Å². The number of phenolic OH excluding ortho intramolecular Hbond substituents is 2. The van der Waals surface area contributed by atoms with Crippen LogP contribution in [0.5, 0.6) is 11.5 Å². The van der Waals surface area contributed by atoms with Crippen LogP contribution in [0.2, 0.25) is 0 Å². The molecule has 90 valence electrons. The zero-order valence-electron chi connectivity index (χ0n) is 9.74. The van der Waals surface area contributed by atoms with Gasteiger partial charge in [-0.05, 0) is 36.6 Å². The van der Waals surface area contributed by atoms with Gasteiger partial charge in [0.05, 0.1) is 0 Å². The third kappa shape index (κ3) is 2.40. The van der Waals surface area contributed by atoms with Crippen molar-refractivity contribution >= 4 is 12.8 Å². The first-order chi connectivity index (χ1) is 8.72. The van der Waals surface area contributed by atoms with Gasteiger partial charge in [-0.3, -0.25) is 4.99 Å². The number of nitrogens with zero attached hydrogens (tertiary/aromatic N) is 1. The van der Waals surface area contributed by atoms with Crippen molar-refractivity contribution in [3.05, 3.63) is 54.2 Å². The number of phenols is 2. The number of hydrogen-bond donors (Lipinski definition) is 2. The fourth-order valence-electron chi connectivity index (χ4n) is 1.71. The molecule has 3 heteroatoms. The Morgan fingerprint density at radius 1 is 0.944 bits per heavy atom. The van der Waals surface area contributed by atoms with Crippen LogP contribution in [0, 0.1) is 0 Å². The van der Waals surface area contributed by atoms with Gasteiger partial charge in [-0.25, -0.2) is 0 Å². The summed E-state index contributed by atoms with van der Waals surface area (Å²) in [6.45, 7) is 3.36. The van der Waals surface area contributed by atoms with E-state index >= 15 is 0 Å². The first-order valence-corrected chi connectivity index (χ1v) is 5.46. The standard InChI is InChI=1S/C15H13NO2/c1-16-9-8-11-6-7-15(18)13(10-11)12-4-2-3-5-14(12)17/h2-10,17-18H,1H2. The quantitative estimate of drug-likeness (QED) is 0.806. The monoisotopic (exact) mass is 239 g/mol. The van der Waals surface area contributed by atoms with E-state index in [1.54, 1.807) is 48.7 Å². The summed E-state index contributed by atoms with van der Waals surface area (Å²) in [7, 11) is 0. The minimum atomic E-state index is 0.125. The van der Waals surface area contributed by atoms with Crippen molar-refractivity contribution in [1.82, 2.24) is 0 Å². The van der Waals surface area contributed by atoms with Crippen LogP contribution in [0.25, 0.3) is 17.2 Å². The summed E-state index contributed by atoms with van der Waals surface area (Å²) in [6, 6.07) is 12.0. The molecule has 0 aliphatic carbocycles. The molecule has 0 saturated heterocycles. The van der Waals surface area contributed by atoms with Crippen LogP contribution in [0.15, 0.2) is 53.7 Å². The lowest BCUT2D eigenvalue weighted by Crippen LogP contribution is -1.82. The maximum Gasteiger partial charge on any atom is 0.123 e. The second kappa shape index (κ2) is 5.19. The summed E-state index contributed by atoms with van der Waals surface area (Å²) in [6.07, 6.45) is 3.34. The van der Waals surface area contributed by atoms with Gasteiger partial charge in [0, 0.05) is 17.3 Å². The number of rotatable bonds is 3. The van der Waals surface area contributed by atoms with Crippen molar-refractivity contribution in [1.29, 1.82) is 0 Å². The molecule has 0 aromatic heterocycles. The molecule has 0 unspecified atom stereocenters.